The summed E-state index contributed by atoms with van der Waals surface area (Å²) in [6.07, 6.45) is 1.79. The molecule has 1 atom stereocenters. The number of aromatic nitrogens is 1. The van der Waals surface area contributed by atoms with E-state index in [4.69, 9.17) is 0 Å². The number of rotatable bonds is 7. The molecule has 0 saturated heterocycles. The highest BCUT2D eigenvalue weighted by Crippen LogP contribution is 2.13. The highest BCUT2D eigenvalue weighted by Gasteiger charge is 2.07. The molecule has 0 saturated carbocycles. The maximum atomic E-state index is 12.9. The first kappa shape index (κ1) is 17.9. The van der Waals surface area contributed by atoms with Crippen molar-refractivity contribution >= 4 is 5.96 Å². The van der Waals surface area contributed by atoms with Crippen LogP contribution < -0.4 is 10.6 Å². The summed E-state index contributed by atoms with van der Waals surface area (Å²) in [6, 6.07) is 11.6. The first-order chi connectivity index (χ1) is 11.7. The smallest absolute Gasteiger partial charge is 0.191 e. The van der Waals surface area contributed by atoms with Gasteiger partial charge in [0.2, 0.25) is 0 Å². The molecule has 1 heterocycles. The normalized spacial score (nSPS) is 12.7. The first-order valence-electron chi connectivity index (χ1n) is 8.04. The van der Waals surface area contributed by atoms with Gasteiger partial charge in [0.1, 0.15) is 5.82 Å². The number of pyridine rings is 1. The van der Waals surface area contributed by atoms with Gasteiger partial charge in [-0.1, -0.05) is 18.2 Å². The van der Waals surface area contributed by atoms with E-state index in [1.54, 1.807) is 18.3 Å². The van der Waals surface area contributed by atoms with Crippen LogP contribution in [0, 0.1) is 5.82 Å². The van der Waals surface area contributed by atoms with E-state index in [0.29, 0.717) is 18.1 Å². The Morgan fingerprint density at radius 1 is 1.21 bits per heavy atom. The molecule has 0 aliphatic heterocycles. The second kappa shape index (κ2) is 9.62. The van der Waals surface area contributed by atoms with Crippen molar-refractivity contribution < 1.29 is 9.50 Å². The Kier molecular flexibility index (Phi) is 7.17. The number of aliphatic hydroxyl groups excluding tert-OH is 1. The van der Waals surface area contributed by atoms with E-state index in [9.17, 15) is 9.50 Å². The Balaban J connectivity index is 1.86. The van der Waals surface area contributed by atoms with Crippen LogP contribution in [0.2, 0.25) is 0 Å². The molecule has 5 nitrogen and oxygen atoms in total. The average molecular weight is 330 g/mol. The molecule has 1 unspecified atom stereocenters. The van der Waals surface area contributed by atoms with E-state index in [1.165, 1.54) is 12.1 Å². The van der Waals surface area contributed by atoms with Crippen molar-refractivity contribution in [3.8, 4) is 0 Å². The molecule has 1 aromatic carbocycles. The minimum atomic E-state index is -0.767. The summed E-state index contributed by atoms with van der Waals surface area (Å²) in [7, 11) is 0. The third-order valence-electron chi connectivity index (χ3n) is 3.42. The highest BCUT2D eigenvalue weighted by atomic mass is 19.1. The fourth-order valence-corrected chi connectivity index (χ4v) is 2.16. The second-order valence-corrected chi connectivity index (χ2v) is 5.28. The number of nitrogens with zero attached hydrogens (tertiary/aromatic N) is 2. The van der Waals surface area contributed by atoms with Gasteiger partial charge in [0.25, 0.3) is 0 Å². The molecule has 0 fully saturated rings. The summed E-state index contributed by atoms with van der Waals surface area (Å²) in [5.41, 5.74) is 1.65. The van der Waals surface area contributed by atoms with Crippen LogP contribution in [0.25, 0.3) is 0 Å². The van der Waals surface area contributed by atoms with Crippen molar-refractivity contribution in [3.05, 3.63) is 65.7 Å². The number of halogens is 1. The molecule has 0 spiro atoms. The number of guanidine groups is 1. The molecular weight excluding hydrogens is 307 g/mol. The maximum absolute atomic E-state index is 12.9. The van der Waals surface area contributed by atoms with Gasteiger partial charge in [-0.15, -0.1) is 0 Å². The SMILES string of the molecule is CCNC(=NCC(O)c1ccc(F)cc1)NCCc1ccccn1. The summed E-state index contributed by atoms with van der Waals surface area (Å²) in [5, 5.41) is 16.5. The van der Waals surface area contributed by atoms with E-state index in [0.717, 1.165) is 18.7 Å². The molecule has 0 bridgehead atoms. The van der Waals surface area contributed by atoms with Crippen LogP contribution in [0.3, 0.4) is 0 Å². The lowest BCUT2D eigenvalue weighted by atomic mass is 10.1. The summed E-state index contributed by atoms with van der Waals surface area (Å²) < 4.78 is 12.9. The van der Waals surface area contributed by atoms with E-state index in [-0.39, 0.29) is 12.4 Å². The Morgan fingerprint density at radius 2 is 2.00 bits per heavy atom. The van der Waals surface area contributed by atoms with Crippen molar-refractivity contribution in [1.29, 1.82) is 0 Å². The minimum Gasteiger partial charge on any atom is -0.386 e. The third-order valence-corrected chi connectivity index (χ3v) is 3.42. The van der Waals surface area contributed by atoms with Crippen molar-refractivity contribution in [2.75, 3.05) is 19.6 Å². The lowest BCUT2D eigenvalue weighted by Crippen LogP contribution is -2.38. The van der Waals surface area contributed by atoms with Crippen LogP contribution in [-0.4, -0.2) is 35.7 Å². The van der Waals surface area contributed by atoms with Crippen molar-refractivity contribution in [1.82, 2.24) is 15.6 Å². The minimum absolute atomic E-state index is 0.199. The molecule has 128 valence electrons. The van der Waals surface area contributed by atoms with Crippen molar-refractivity contribution in [2.24, 2.45) is 4.99 Å². The van der Waals surface area contributed by atoms with E-state index >= 15 is 0 Å². The zero-order valence-electron chi connectivity index (χ0n) is 13.7. The van der Waals surface area contributed by atoms with Gasteiger partial charge in [-0.25, -0.2) is 4.39 Å². The van der Waals surface area contributed by atoms with Gasteiger partial charge >= 0.3 is 0 Å². The fraction of sp³-hybridized carbons (Fsp3) is 0.333. The van der Waals surface area contributed by atoms with Gasteiger partial charge in [0.05, 0.1) is 12.6 Å². The monoisotopic (exact) mass is 330 g/mol. The van der Waals surface area contributed by atoms with E-state index < -0.39 is 6.10 Å². The quantitative estimate of drug-likeness (QED) is 0.537. The molecule has 0 aliphatic carbocycles. The summed E-state index contributed by atoms with van der Waals surface area (Å²) in [4.78, 5) is 8.65. The number of hydrogen-bond donors (Lipinski definition) is 3. The van der Waals surface area contributed by atoms with Gasteiger partial charge in [0, 0.05) is 31.4 Å². The van der Waals surface area contributed by atoms with Gasteiger partial charge in [-0.2, -0.15) is 0 Å². The predicted octanol–water partition coefficient (Wildman–Crippen LogP) is 2.05. The lowest BCUT2D eigenvalue weighted by molar-refractivity contribution is 0.187. The summed E-state index contributed by atoms with van der Waals surface area (Å²) in [5.74, 6) is 0.313. The van der Waals surface area contributed by atoms with Crippen molar-refractivity contribution in [3.63, 3.8) is 0 Å². The summed E-state index contributed by atoms with van der Waals surface area (Å²) in [6.45, 7) is 3.59. The molecule has 6 heteroatoms. The molecular formula is C18H23FN4O. The number of benzene rings is 1. The van der Waals surface area contributed by atoms with Gasteiger partial charge < -0.3 is 15.7 Å². The average Bonchev–Trinajstić information content (AvgIpc) is 2.61. The Bertz CT molecular complexity index is 631. The van der Waals surface area contributed by atoms with Gasteiger partial charge in [-0.05, 0) is 36.8 Å². The van der Waals surface area contributed by atoms with Crippen LogP contribution in [0.15, 0.2) is 53.7 Å². The number of hydrogen-bond acceptors (Lipinski definition) is 3. The Labute approximate surface area is 141 Å². The topological polar surface area (TPSA) is 69.5 Å². The molecule has 24 heavy (non-hydrogen) atoms. The molecule has 0 amide bonds. The van der Waals surface area contributed by atoms with Crippen LogP contribution in [0.5, 0.6) is 0 Å². The lowest BCUT2D eigenvalue weighted by Gasteiger charge is -2.13. The molecule has 0 aliphatic rings. The molecule has 1 aromatic heterocycles. The summed E-state index contributed by atoms with van der Waals surface area (Å²) >= 11 is 0. The molecule has 2 rings (SSSR count). The molecule has 3 N–H and O–H groups in total. The fourth-order valence-electron chi connectivity index (χ4n) is 2.16. The first-order valence-corrected chi connectivity index (χ1v) is 8.04. The van der Waals surface area contributed by atoms with E-state index in [1.807, 2.05) is 25.1 Å². The van der Waals surface area contributed by atoms with Crippen LogP contribution in [0.4, 0.5) is 4.39 Å². The van der Waals surface area contributed by atoms with Crippen LogP contribution in [0.1, 0.15) is 24.3 Å². The maximum Gasteiger partial charge on any atom is 0.191 e. The Morgan fingerprint density at radius 3 is 2.67 bits per heavy atom. The zero-order valence-corrected chi connectivity index (χ0v) is 13.7. The second-order valence-electron chi connectivity index (χ2n) is 5.28. The number of nitrogens with one attached hydrogen (secondary N) is 2. The van der Waals surface area contributed by atoms with Crippen LogP contribution in [-0.2, 0) is 6.42 Å². The van der Waals surface area contributed by atoms with E-state index in [2.05, 4.69) is 20.6 Å². The highest BCUT2D eigenvalue weighted by molar-refractivity contribution is 5.79. The zero-order chi connectivity index (χ0) is 17.2. The largest absolute Gasteiger partial charge is 0.386 e. The number of aliphatic hydroxyl groups is 1. The van der Waals surface area contributed by atoms with Crippen LogP contribution >= 0.6 is 0 Å². The van der Waals surface area contributed by atoms with Gasteiger partial charge in [0.15, 0.2) is 5.96 Å². The Hall–Kier alpha value is -2.47. The predicted molar refractivity (Wildman–Crippen MR) is 93.3 cm³/mol. The molecule has 0 radical (unpaired) electrons. The standard InChI is InChI=1S/C18H23FN4O/c1-2-20-18(22-12-10-16-5-3-4-11-21-16)23-13-17(24)14-6-8-15(19)9-7-14/h3-9,11,17,24H,2,10,12-13H2,1H3,(H2,20,22,23). The van der Waals surface area contributed by atoms with Gasteiger partial charge in [-0.3, -0.25) is 9.98 Å². The molecule has 2 aromatic rings. The third kappa shape index (κ3) is 5.96. The van der Waals surface area contributed by atoms with Crippen molar-refractivity contribution in [2.45, 2.75) is 19.4 Å². The number of aliphatic imine (C=N–C) groups is 1.